The van der Waals surface area contributed by atoms with Crippen LogP contribution in [0.25, 0.3) is 0 Å². The van der Waals surface area contributed by atoms with Gasteiger partial charge in [-0.3, -0.25) is 9.59 Å². The van der Waals surface area contributed by atoms with E-state index in [1.807, 2.05) is 6.08 Å². The maximum Gasteiger partial charge on any atom is 0.305 e. The topological polar surface area (TPSA) is 95.9 Å². The van der Waals surface area contributed by atoms with E-state index in [4.69, 9.17) is 4.74 Å². The number of allylic oxidation sites excluding steroid dienone is 1. The van der Waals surface area contributed by atoms with Gasteiger partial charge in [-0.2, -0.15) is 0 Å². The van der Waals surface area contributed by atoms with Crippen molar-refractivity contribution in [2.45, 2.75) is 431 Å². The second-order valence-corrected chi connectivity index (χ2v) is 25.3. The Labute approximate surface area is 495 Å². The fraction of sp³-hybridized carbons (Fsp3) is 0.945. The first kappa shape index (κ1) is 77.6. The van der Waals surface area contributed by atoms with E-state index in [0.29, 0.717) is 19.4 Å². The summed E-state index contributed by atoms with van der Waals surface area (Å²) in [6.07, 6.45) is 86.0. The molecule has 1 amide bonds. The average molecular weight is 1110 g/mol. The van der Waals surface area contributed by atoms with Crippen molar-refractivity contribution in [3.05, 3.63) is 12.2 Å². The minimum atomic E-state index is -0.840. The van der Waals surface area contributed by atoms with E-state index < -0.39 is 12.1 Å². The minimum absolute atomic E-state index is 0.0248. The molecule has 0 heterocycles. The third-order valence-electron chi connectivity index (χ3n) is 17.3. The zero-order chi connectivity index (χ0) is 57.1. The molecule has 3 N–H and O–H groups in total. The van der Waals surface area contributed by atoms with Gasteiger partial charge in [0, 0.05) is 12.8 Å². The summed E-state index contributed by atoms with van der Waals surface area (Å²) in [6.45, 7) is 4.95. The van der Waals surface area contributed by atoms with Gasteiger partial charge in [0.05, 0.1) is 25.4 Å². The van der Waals surface area contributed by atoms with Crippen LogP contribution in [0.4, 0.5) is 0 Å². The van der Waals surface area contributed by atoms with Crippen molar-refractivity contribution in [3.63, 3.8) is 0 Å². The number of aliphatic hydroxyl groups is 2. The molecule has 0 aromatic heterocycles. The second kappa shape index (κ2) is 69.1. The molecule has 0 aliphatic rings. The molecule has 0 bridgehead atoms. The average Bonchev–Trinajstić information content (AvgIpc) is 3.45. The Morgan fingerprint density at radius 1 is 0.342 bits per heavy atom. The monoisotopic (exact) mass is 1110 g/mol. The quantitative estimate of drug-likeness (QED) is 0.0320. The van der Waals surface area contributed by atoms with Crippen molar-refractivity contribution >= 4 is 11.9 Å². The van der Waals surface area contributed by atoms with Gasteiger partial charge in [0.2, 0.25) is 5.91 Å². The highest BCUT2D eigenvalue weighted by Gasteiger charge is 2.18. The third kappa shape index (κ3) is 65.6. The fourth-order valence-corrected chi connectivity index (χ4v) is 11.8. The molecule has 0 rings (SSSR count). The SMILES string of the molecule is CCCCCCCCCCCCCCC/C=C/C(O)C(CO)NC(=O)CCCCCCCCCCCCCCCCCCCCCCCCCCCCCCCCCCOC(=O)CCCCCCCCCCCCCCCCC. The lowest BCUT2D eigenvalue weighted by Gasteiger charge is -2.20. The molecule has 79 heavy (non-hydrogen) atoms. The van der Waals surface area contributed by atoms with Crippen LogP contribution in [-0.2, 0) is 14.3 Å². The molecule has 0 radical (unpaired) electrons. The Bertz CT molecular complexity index is 1190. The molecule has 0 aliphatic heterocycles. The number of ether oxygens (including phenoxy) is 1. The molecule has 0 aromatic carbocycles. The van der Waals surface area contributed by atoms with Gasteiger partial charge in [0.15, 0.2) is 0 Å². The highest BCUT2D eigenvalue weighted by Crippen LogP contribution is 2.19. The molecule has 0 fully saturated rings. The van der Waals surface area contributed by atoms with Crippen LogP contribution in [0.3, 0.4) is 0 Å². The number of rotatable bonds is 69. The normalized spacial score (nSPS) is 12.5. The summed E-state index contributed by atoms with van der Waals surface area (Å²) in [5, 5.41) is 23.2. The molecule has 2 unspecified atom stereocenters. The summed E-state index contributed by atoms with van der Waals surface area (Å²) in [6, 6.07) is -0.623. The Morgan fingerprint density at radius 2 is 0.582 bits per heavy atom. The van der Waals surface area contributed by atoms with Crippen molar-refractivity contribution in [3.8, 4) is 0 Å². The van der Waals surface area contributed by atoms with Crippen molar-refractivity contribution < 1.29 is 24.5 Å². The van der Waals surface area contributed by atoms with Gasteiger partial charge in [-0.1, -0.05) is 386 Å². The Morgan fingerprint density at radius 3 is 0.861 bits per heavy atom. The highest BCUT2D eigenvalue weighted by atomic mass is 16.5. The van der Waals surface area contributed by atoms with Crippen LogP contribution in [0, 0.1) is 0 Å². The van der Waals surface area contributed by atoms with Crippen LogP contribution in [0.2, 0.25) is 0 Å². The number of unbranched alkanes of at least 4 members (excludes halogenated alkanes) is 58. The summed E-state index contributed by atoms with van der Waals surface area (Å²) < 4.78 is 5.50. The maximum absolute atomic E-state index is 12.5. The molecular weight excluding hydrogens is 971 g/mol. The van der Waals surface area contributed by atoms with Crippen molar-refractivity contribution in [2.24, 2.45) is 0 Å². The Hall–Kier alpha value is -1.40. The van der Waals surface area contributed by atoms with E-state index in [2.05, 4.69) is 19.2 Å². The molecule has 0 spiro atoms. The lowest BCUT2D eigenvalue weighted by Crippen LogP contribution is -2.45. The standard InChI is InChI=1S/C73H143NO5/c1-3-5-7-9-11-13-15-17-37-41-45-49-53-57-61-65-71(76)70(69-75)74-72(77)66-62-58-54-50-46-42-39-35-33-31-29-27-25-23-21-19-20-22-24-26-28-30-32-34-36-40-44-48-52-56-60-64-68-79-73(78)67-63-59-55-51-47-43-38-18-16-14-12-10-8-6-4-2/h61,65,70-71,75-76H,3-60,62-64,66-69H2,1-2H3,(H,74,77)/b65-61+. The predicted molar refractivity (Wildman–Crippen MR) is 347 cm³/mol. The van der Waals surface area contributed by atoms with Crippen LogP contribution < -0.4 is 5.32 Å². The number of esters is 1. The third-order valence-corrected chi connectivity index (χ3v) is 17.3. The smallest absolute Gasteiger partial charge is 0.305 e. The summed E-state index contributed by atoms with van der Waals surface area (Å²) in [5.41, 5.74) is 0. The number of hydrogen-bond acceptors (Lipinski definition) is 5. The van der Waals surface area contributed by atoms with Crippen LogP contribution >= 0.6 is 0 Å². The van der Waals surface area contributed by atoms with Crippen LogP contribution in [-0.4, -0.2) is 47.4 Å². The first-order chi connectivity index (χ1) is 39.0. The largest absolute Gasteiger partial charge is 0.466 e. The Kier molecular flexibility index (Phi) is 67.9. The molecule has 2 atom stereocenters. The summed E-state index contributed by atoms with van der Waals surface area (Å²) in [4.78, 5) is 24.6. The summed E-state index contributed by atoms with van der Waals surface area (Å²) in [5.74, 6) is -0.0356. The van der Waals surface area contributed by atoms with Gasteiger partial charge in [-0.15, -0.1) is 0 Å². The first-order valence-corrected chi connectivity index (χ1v) is 36.5. The lowest BCUT2D eigenvalue weighted by atomic mass is 10.0. The summed E-state index contributed by atoms with van der Waals surface area (Å²) >= 11 is 0. The van der Waals surface area contributed by atoms with Crippen LogP contribution in [0.1, 0.15) is 418 Å². The van der Waals surface area contributed by atoms with E-state index in [1.165, 1.54) is 353 Å². The van der Waals surface area contributed by atoms with Crippen molar-refractivity contribution in [2.75, 3.05) is 13.2 Å². The number of carbonyl (C=O) groups excluding carboxylic acids is 2. The van der Waals surface area contributed by atoms with Crippen molar-refractivity contribution in [1.29, 1.82) is 0 Å². The fourth-order valence-electron chi connectivity index (χ4n) is 11.8. The molecular formula is C73H143NO5. The van der Waals surface area contributed by atoms with Gasteiger partial charge in [0.25, 0.3) is 0 Å². The number of hydrogen-bond donors (Lipinski definition) is 3. The zero-order valence-electron chi connectivity index (χ0n) is 53.9. The van der Waals surface area contributed by atoms with Gasteiger partial charge in [-0.25, -0.2) is 0 Å². The number of aliphatic hydroxyl groups excluding tert-OH is 2. The minimum Gasteiger partial charge on any atom is -0.466 e. The van der Waals surface area contributed by atoms with Crippen LogP contribution in [0.15, 0.2) is 12.2 Å². The van der Waals surface area contributed by atoms with Gasteiger partial charge >= 0.3 is 5.97 Å². The van der Waals surface area contributed by atoms with Crippen LogP contribution in [0.5, 0.6) is 0 Å². The van der Waals surface area contributed by atoms with E-state index in [0.717, 1.165) is 38.5 Å². The predicted octanol–water partition coefficient (Wildman–Crippen LogP) is 23.5. The molecule has 6 heteroatoms. The van der Waals surface area contributed by atoms with Gasteiger partial charge in [0.1, 0.15) is 0 Å². The molecule has 0 saturated heterocycles. The summed E-state index contributed by atoms with van der Waals surface area (Å²) in [7, 11) is 0. The Balaban J connectivity index is 3.32. The number of nitrogens with one attached hydrogen (secondary N) is 1. The van der Waals surface area contributed by atoms with E-state index in [1.54, 1.807) is 6.08 Å². The second-order valence-electron chi connectivity index (χ2n) is 25.3. The molecule has 0 aromatic rings. The maximum atomic E-state index is 12.5. The van der Waals surface area contributed by atoms with Gasteiger partial charge in [-0.05, 0) is 32.1 Å². The number of amides is 1. The van der Waals surface area contributed by atoms with Gasteiger partial charge < -0.3 is 20.3 Å². The molecule has 470 valence electrons. The number of carbonyl (C=O) groups is 2. The van der Waals surface area contributed by atoms with Crippen molar-refractivity contribution in [1.82, 2.24) is 5.32 Å². The first-order valence-electron chi connectivity index (χ1n) is 36.5. The molecule has 6 nitrogen and oxygen atoms in total. The highest BCUT2D eigenvalue weighted by molar-refractivity contribution is 5.76. The van der Waals surface area contributed by atoms with E-state index >= 15 is 0 Å². The molecule has 0 saturated carbocycles. The van der Waals surface area contributed by atoms with E-state index in [-0.39, 0.29) is 18.5 Å². The molecule has 0 aliphatic carbocycles. The van der Waals surface area contributed by atoms with E-state index in [9.17, 15) is 19.8 Å². The lowest BCUT2D eigenvalue weighted by molar-refractivity contribution is -0.143. The zero-order valence-corrected chi connectivity index (χ0v) is 53.9.